The molecule has 0 fully saturated rings. The van der Waals surface area contributed by atoms with E-state index in [1.165, 1.54) is 6.92 Å². The van der Waals surface area contributed by atoms with Crippen LogP contribution in [0.4, 0.5) is 0 Å². The maximum absolute atomic E-state index is 12.1. The fraction of sp³-hybridized carbons (Fsp3) is 0.462. The molecule has 1 aromatic carbocycles. The number of carbonyl (C=O) groups is 1. The Kier molecular flexibility index (Phi) is 4.09. The molecule has 1 aromatic rings. The number of benzene rings is 1. The topological polar surface area (TPSA) is 51.2 Å². The zero-order chi connectivity index (χ0) is 13.2. The van der Waals surface area contributed by atoms with Crippen molar-refractivity contribution in [2.75, 3.05) is 5.75 Å². The Morgan fingerprint density at radius 3 is 2.41 bits per heavy atom. The second kappa shape index (κ2) is 5.00. The number of aryl methyl sites for hydroxylation is 2. The summed E-state index contributed by atoms with van der Waals surface area (Å²) < 4.78 is 23.4. The first kappa shape index (κ1) is 13.9. The van der Waals surface area contributed by atoms with Crippen LogP contribution in [0.5, 0.6) is 0 Å². The standard InChI is InChI=1S/C13H18O3S/c1-5-17(15,16)11(4)13(14)12-8-9(2)6-7-10(12)3/h6-8,11H,5H2,1-4H3. The van der Waals surface area contributed by atoms with E-state index in [2.05, 4.69) is 0 Å². The van der Waals surface area contributed by atoms with E-state index in [-0.39, 0.29) is 11.5 Å². The van der Waals surface area contributed by atoms with Crippen molar-refractivity contribution >= 4 is 15.6 Å². The lowest BCUT2D eigenvalue weighted by molar-refractivity contribution is 0.0991. The maximum atomic E-state index is 12.1. The predicted octanol–water partition coefficient (Wildman–Crippen LogP) is 2.31. The Bertz CT molecular complexity index is 530. The first-order valence-electron chi connectivity index (χ1n) is 5.62. The second-order valence-corrected chi connectivity index (χ2v) is 6.89. The van der Waals surface area contributed by atoms with Gasteiger partial charge >= 0.3 is 0 Å². The lowest BCUT2D eigenvalue weighted by atomic mass is 10.0. The van der Waals surface area contributed by atoms with Crippen molar-refractivity contribution in [3.05, 3.63) is 34.9 Å². The zero-order valence-electron chi connectivity index (χ0n) is 10.6. The van der Waals surface area contributed by atoms with Crippen molar-refractivity contribution in [3.8, 4) is 0 Å². The van der Waals surface area contributed by atoms with Gasteiger partial charge in [-0.25, -0.2) is 8.42 Å². The molecule has 0 amide bonds. The highest BCUT2D eigenvalue weighted by atomic mass is 32.2. The molecule has 0 aliphatic carbocycles. The molecule has 0 aliphatic heterocycles. The first-order chi connectivity index (χ1) is 7.79. The molecule has 0 saturated heterocycles. The van der Waals surface area contributed by atoms with Gasteiger partial charge in [0, 0.05) is 11.3 Å². The van der Waals surface area contributed by atoms with Crippen LogP contribution >= 0.6 is 0 Å². The number of rotatable bonds is 4. The number of Topliss-reactive ketones (excluding diaryl/α,β-unsaturated/α-hetero) is 1. The van der Waals surface area contributed by atoms with Crippen LogP contribution < -0.4 is 0 Å². The minimum atomic E-state index is -3.32. The number of hydrogen-bond donors (Lipinski definition) is 0. The molecule has 0 spiro atoms. The molecule has 0 aromatic heterocycles. The predicted molar refractivity (Wildman–Crippen MR) is 69.2 cm³/mol. The molecule has 1 rings (SSSR count). The molecule has 0 bridgehead atoms. The van der Waals surface area contributed by atoms with Gasteiger partial charge in [0.15, 0.2) is 15.6 Å². The summed E-state index contributed by atoms with van der Waals surface area (Å²) in [4.78, 5) is 12.1. The van der Waals surface area contributed by atoms with E-state index < -0.39 is 15.1 Å². The van der Waals surface area contributed by atoms with E-state index in [1.54, 1.807) is 13.0 Å². The van der Waals surface area contributed by atoms with Crippen molar-refractivity contribution in [2.45, 2.75) is 32.9 Å². The van der Waals surface area contributed by atoms with Crippen LogP contribution in [0.1, 0.15) is 35.3 Å². The number of carbonyl (C=O) groups excluding carboxylic acids is 1. The summed E-state index contributed by atoms with van der Waals surface area (Å²) in [6.07, 6.45) is 0. The summed E-state index contributed by atoms with van der Waals surface area (Å²) in [5, 5.41) is -0.965. The smallest absolute Gasteiger partial charge is 0.180 e. The molecular formula is C13H18O3S. The summed E-state index contributed by atoms with van der Waals surface area (Å²) in [5.74, 6) is -0.321. The zero-order valence-corrected chi connectivity index (χ0v) is 11.5. The Balaban J connectivity index is 3.18. The van der Waals surface area contributed by atoms with E-state index in [4.69, 9.17) is 0 Å². The molecule has 4 heteroatoms. The van der Waals surface area contributed by atoms with Crippen LogP contribution in [-0.2, 0) is 9.84 Å². The van der Waals surface area contributed by atoms with E-state index in [0.29, 0.717) is 5.56 Å². The number of ketones is 1. The van der Waals surface area contributed by atoms with Gasteiger partial charge in [-0.05, 0) is 32.4 Å². The first-order valence-corrected chi connectivity index (χ1v) is 7.34. The quantitative estimate of drug-likeness (QED) is 0.775. The lowest BCUT2D eigenvalue weighted by Crippen LogP contribution is -2.29. The molecule has 0 N–H and O–H groups in total. The molecule has 1 atom stereocenters. The average molecular weight is 254 g/mol. The van der Waals surface area contributed by atoms with Crippen LogP contribution in [0.15, 0.2) is 18.2 Å². The maximum Gasteiger partial charge on any atom is 0.180 e. The van der Waals surface area contributed by atoms with Gasteiger partial charge in [0.25, 0.3) is 0 Å². The minimum Gasteiger partial charge on any atom is -0.293 e. The highest BCUT2D eigenvalue weighted by Crippen LogP contribution is 2.16. The highest BCUT2D eigenvalue weighted by Gasteiger charge is 2.27. The van der Waals surface area contributed by atoms with E-state index in [1.807, 2.05) is 26.0 Å². The third-order valence-corrected chi connectivity index (χ3v) is 5.06. The van der Waals surface area contributed by atoms with Crippen LogP contribution in [0, 0.1) is 13.8 Å². The molecule has 0 saturated carbocycles. The highest BCUT2D eigenvalue weighted by molar-refractivity contribution is 7.92. The van der Waals surface area contributed by atoms with Crippen molar-refractivity contribution in [2.24, 2.45) is 0 Å². The van der Waals surface area contributed by atoms with E-state index >= 15 is 0 Å². The van der Waals surface area contributed by atoms with Gasteiger partial charge < -0.3 is 0 Å². The summed E-state index contributed by atoms with van der Waals surface area (Å²) in [7, 11) is -3.32. The summed E-state index contributed by atoms with van der Waals surface area (Å²) in [6.45, 7) is 6.72. The van der Waals surface area contributed by atoms with Crippen molar-refractivity contribution in [3.63, 3.8) is 0 Å². The van der Waals surface area contributed by atoms with Crippen LogP contribution in [0.25, 0.3) is 0 Å². The largest absolute Gasteiger partial charge is 0.293 e. The van der Waals surface area contributed by atoms with Crippen LogP contribution in [0.3, 0.4) is 0 Å². The monoisotopic (exact) mass is 254 g/mol. The molecule has 0 radical (unpaired) electrons. The summed E-state index contributed by atoms with van der Waals surface area (Å²) in [6, 6.07) is 5.50. The SMILES string of the molecule is CCS(=O)(=O)C(C)C(=O)c1cc(C)ccc1C. The number of hydrogen-bond acceptors (Lipinski definition) is 3. The average Bonchev–Trinajstić information content (AvgIpc) is 2.30. The third kappa shape index (κ3) is 2.94. The summed E-state index contributed by atoms with van der Waals surface area (Å²) in [5.41, 5.74) is 2.29. The van der Waals surface area contributed by atoms with Crippen molar-refractivity contribution in [1.29, 1.82) is 0 Å². The molecule has 3 nitrogen and oxygen atoms in total. The molecule has 0 heterocycles. The van der Waals surface area contributed by atoms with Gasteiger partial charge in [-0.2, -0.15) is 0 Å². The van der Waals surface area contributed by atoms with Crippen LogP contribution in [-0.4, -0.2) is 25.2 Å². The van der Waals surface area contributed by atoms with Gasteiger partial charge in [-0.15, -0.1) is 0 Å². The fourth-order valence-electron chi connectivity index (χ4n) is 1.63. The van der Waals surface area contributed by atoms with Crippen molar-refractivity contribution < 1.29 is 13.2 Å². The van der Waals surface area contributed by atoms with Gasteiger partial charge in [0.05, 0.1) is 0 Å². The normalized spacial score (nSPS) is 13.4. The Morgan fingerprint density at radius 1 is 1.29 bits per heavy atom. The van der Waals surface area contributed by atoms with Gasteiger partial charge in [-0.3, -0.25) is 4.79 Å². The van der Waals surface area contributed by atoms with Gasteiger partial charge in [0.1, 0.15) is 5.25 Å². The van der Waals surface area contributed by atoms with Crippen molar-refractivity contribution in [1.82, 2.24) is 0 Å². The second-order valence-electron chi connectivity index (χ2n) is 4.28. The minimum absolute atomic E-state index is 0.00916. The molecule has 0 aliphatic rings. The summed E-state index contributed by atoms with van der Waals surface area (Å²) >= 11 is 0. The fourth-order valence-corrected chi connectivity index (χ4v) is 2.59. The van der Waals surface area contributed by atoms with Gasteiger partial charge in [-0.1, -0.05) is 24.6 Å². The molecule has 17 heavy (non-hydrogen) atoms. The Labute approximate surface area is 103 Å². The molecule has 1 unspecified atom stereocenters. The molecule has 94 valence electrons. The van der Waals surface area contributed by atoms with E-state index in [9.17, 15) is 13.2 Å². The molecular weight excluding hydrogens is 236 g/mol. The van der Waals surface area contributed by atoms with Gasteiger partial charge in [0.2, 0.25) is 0 Å². The van der Waals surface area contributed by atoms with E-state index in [0.717, 1.165) is 11.1 Å². The third-order valence-electron chi connectivity index (χ3n) is 2.97. The number of sulfone groups is 1. The van der Waals surface area contributed by atoms with Crippen LogP contribution in [0.2, 0.25) is 0 Å². The lowest BCUT2D eigenvalue weighted by Gasteiger charge is -2.12. The Hall–Kier alpha value is -1.16. The Morgan fingerprint density at radius 2 is 1.88 bits per heavy atom.